The van der Waals surface area contributed by atoms with Crippen LogP contribution >= 0.6 is 0 Å². The Kier molecular flexibility index (Phi) is 3.94. The Morgan fingerprint density at radius 2 is 2.00 bits per heavy atom. The Morgan fingerprint density at radius 3 is 2.47 bits per heavy atom. The van der Waals surface area contributed by atoms with Gasteiger partial charge < -0.3 is 5.11 Å². The van der Waals surface area contributed by atoms with Crippen molar-refractivity contribution in [2.75, 3.05) is 6.26 Å². The molecule has 0 bridgehead atoms. The second kappa shape index (κ2) is 4.74. The van der Waals surface area contributed by atoms with Gasteiger partial charge in [-0.25, -0.2) is 12.8 Å². The highest BCUT2D eigenvalue weighted by Gasteiger charge is 2.37. The average Bonchev–Trinajstić information content (AvgIpc) is 2.15. The SMILES string of the molecule is CC(C)(C(O)Cc1cccc(F)c1)S(C)(=O)=O. The molecule has 0 aliphatic rings. The van der Waals surface area contributed by atoms with Crippen molar-refractivity contribution in [2.24, 2.45) is 0 Å². The van der Waals surface area contributed by atoms with Gasteiger partial charge in [-0.05, 0) is 38.0 Å². The first-order valence-electron chi connectivity index (χ1n) is 5.26. The number of hydrogen-bond donors (Lipinski definition) is 1. The Morgan fingerprint density at radius 1 is 1.41 bits per heavy atom. The number of benzene rings is 1. The molecule has 0 heterocycles. The minimum Gasteiger partial charge on any atom is -0.391 e. The Bertz CT molecular complexity index is 494. The Balaban J connectivity index is 2.90. The highest BCUT2D eigenvalue weighted by molar-refractivity contribution is 7.92. The molecule has 0 spiro atoms. The van der Waals surface area contributed by atoms with Crippen LogP contribution in [0.1, 0.15) is 19.4 Å². The lowest BCUT2D eigenvalue weighted by Crippen LogP contribution is -2.44. The number of halogens is 1. The van der Waals surface area contributed by atoms with Gasteiger partial charge in [-0.1, -0.05) is 12.1 Å². The predicted molar refractivity (Wildman–Crippen MR) is 65.0 cm³/mol. The molecule has 1 N–H and O–H groups in total. The first kappa shape index (κ1) is 14.1. The first-order chi connectivity index (χ1) is 7.64. The van der Waals surface area contributed by atoms with Gasteiger partial charge in [-0.2, -0.15) is 0 Å². The maximum Gasteiger partial charge on any atom is 0.155 e. The lowest BCUT2D eigenvalue weighted by Gasteiger charge is -2.28. The normalized spacial score (nSPS) is 14.6. The summed E-state index contributed by atoms with van der Waals surface area (Å²) >= 11 is 0. The second-order valence-corrected chi connectivity index (χ2v) is 7.32. The molecule has 1 aromatic rings. The van der Waals surface area contributed by atoms with Gasteiger partial charge in [0.05, 0.1) is 10.9 Å². The maximum atomic E-state index is 12.9. The number of hydrogen-bond acceptors (Lipinski definition) is 3. The third-order valence-electron chi connectivity index (χ3n) is 3.08. The van der Waals surface area contributed by atoms with Crippen LogP contribution in [0.2, 0.25) is 0 Å². The summed E-state index contributed by atoms with van der Waals surface area (Å²) in [6.07, 6.45) is 0.124. The molecular weight excluding hydrogens is 243 g/mol. The van der Waals surface area contributed by atoms with Gasteiger partial charge in [0.25, 0.3) is 0 Å². The summed E-state index contributed by atoms with van der Waals surface area (Å²) in [7, 11) is -3.38. The van der Waals surface area contributed by atoms with Crippen molar-refractivity contribution < 1.29 is 17.9 Å². The summed E-state index contributed by atoms with van der Waals surface area (Å²) in [5.41, 5.74) is 0.578. The summed E-state index contributed by atoms with van der Waals surface area (Å²) in [6.45, 7) is 2.93. The van der Waals surface area contributed by atoms with Crippen LogP contribution in [0.15, 0.2) is 24.3 Å². The Hall–Kier alpha value is -0.940. The van der Waals surface area contributed by atoms with Crippen molar-refractivity contribution >= 4 is 9.84 Å². The maximum absolute atomic E-state index is 12.9. The van der Waals surface area contributed by atoms with E-state index < -0.39 is 26.5 Å². The van der Waals surface area contributed by atoms with E-state index in [0.717, 1.165) is 6.26 Å². The number of rotatable bonds is 4. The van der Waals surface area contributed by atoms with Crippen molar-refractivity contribution in [3.8, 4) is 0 Å². The topological polar surface area (TPSA) is 54.4 Å². The highest BCUT2D eigenvalue weighted by atomic mass is 32.2. The van der Waals surface area contributed by atoms with Crippen molar-refractivity contribution in [3.05, 3.63) is 35.6 Å². The molecule has 1 aromatic carbocycles. The molecule has 5 heteroatoms. The summed E-state index contributed by atoms with van der Waals surface area (Å²) < 4.78 is 34.7. The largest absolute Gasteiger partial charge is 0.391 e. The lowest BCUT2D eigenvalue weighted by molar-refractivity contribution is 0.138. The molecule has 0 radical (unpaired) electrons. The minimum absolute atomic E-state index is 0.109. The van der Waals surface area contributed by atoms with Gasteiger partial charge in [0.2, 0.25) is 0 Å². The van der Waals surface area contributed by atoms with Gasteiger partial charge in [-0.15, -0.1) is 0 Å². The zero-order valence-electron chi connectivity index (χ0n) is 10.1. The Labute approximate surface area is 101 Å². The monoisotopic (exact) mass is 260 g/mol. The first-order valence-corrected chi connectivity index (χ1v) is 7.16. The van der Waals surface area contributed by atoms with Crippen LogP contribution < -0.4 is 0 Å². The van der Waals surface area contributed by atoms with Crippen LogP contribution in [0.5, 0.6) is 0 Å². The molecule has 17 heavy (non-hydrogen) atoms. The van der Waals surface area contributed by atoms with Gasteiger partial charge in [0, 0.05) is 6.26 Å². The molecule has 1 atom stereocenters. The molecule has 0 amide bonds. The molecule has 0 fully saturated rings. The summed E-state index contributed by atoms with van der Waals surface area (Å²) in [5.74, 6) is -0.396. The van der Waals surface area contributed by atoms with E-state index in [0.29, 0.717) is 5.56 Å². The zero-order valence-corrected chi connectivity index (χ0v) is 11.0. The van der Waals surface area contributed by atoms with Crippen LogP contribution in [0.4, 0.5) is 4.39 Å². The predicted octanol–water partition coefficient (Wildman–Crippen LogP) is 1.55. The van der Waals surface area contributed by atoms with Crippen LogP contribution in [0, 0.1) is 5.82 Å². The summed E-state index contributed by atoms with van der Waals surface area (Å²) in [6, 6.07) is 5.79. The van der Waals surface area contributed by atoms with E-state index in [1.54, 1.807) is 6.07 Å². The van der Waals surface area contributed by atoms with Crippen molar-refractivity contribution in [1.29, 1.82) is 0 Å². The quantitative estimate of drug-likeness (QED) is 0.893. The van der Waals surface area contributed by atoms with Gasteiger partial charge in [0.1, 0.15) is 5.82 Å². The lowest BCUT2D eigenvalue weighted by atomic mass is 9.98. The zero-order chi connectivity index (χ0) is 13.3. The van der Waals surface area contributed by atoms with Crippen LogP contribution in [0.3, 0.4) is 0 Å². The molecule has 0 saturated carbocycles. The van der Waals surface area contributed by atoms with Crippen LogP contribution in [0.25, 0.3) is 0 Å². The van der Waals surface area contributed by atoms with E-state index >= 15 is 0 Å². The molecule has 1 unspecified atom stereocenters. The number of sulfone groups is 1. The molecule has 0 saturated heterocycles. The van der Waals surface area contributed by atoms with Crippen molar-refractivity contribution in [2.45, 2.75) is 31.1 Å². The second-order valence-electron chi connectivity index (χ2n) is 4.73. The molecule has 0 aliphatic carbocycles. The van der Waals surface area contributed by atoms with Crippen LogP contribution in [-0.2, 0) is 16.3 Å². The fourth-order valence-corrected chi connectivity index (χ4v) is 1.96. The minimum atomic E-state index is -3.38. The van der Waals surface area contributed by atoms with E-state index in [1.807, 2.05) is 0 Å². The van der Waals surface area contributed by atoms with E-state index in [9.17, 15) is 17.9 Å². The standard InChI is InChI=1S/C12H17FO3S/c1-12(2,17(3,15)16)11(14)8-9-5-4-6-10(13)7-9/h4-7,11,14H,8H2,1-3H3. The van der Waals surface area contributed by atoms with Gasteiger partial charge >= 0.3 is 0 Å². The molecular formula is C12H17FO3S. The van der Waals surface area contributed by atoms with E-state index in [2.05, 4.69) is 0 Å². The molecule has 0 aliphatic heterocycles. The summed E-state index contributed by atoms with van der Waals surface area (Å²) in [4.78, 5) is 0. The van der Waals surface area contributed by atoms with E-state index in [-0.39, 0.29) is 6.42 Å². The molecule has 96 valence electrons. The van der Waals surface area contributed by atoms with Crippen LogP contribution in [-0.4, -0.2) is 30.6 Å². The third-order valence-corrected chi connectivity index (χ3v) is 5.26. The summed E-state index contributed by atoms with van der Waals surface area (Å²) in [5, 5.41) is 9.96. The van der Waals surface area contributed by atoms with E-state index in [4.69, 9.17) is 0 Å². The smallest absolute Gasteiger partial charge is 0.155 e. The third kappa shape index (κ3) is 3.26. The fraction of sp³-hybridized carbons (Fsp3) is 0.500. The molecule has 3 nitrogen and oxygen atoms in total. The van der Waals surface area contributed by atoms with Crippen molar-refractivity contribution in [1.82, 2.24) is 0 Å². The van der Waals surface area contributed by atoms with Crippen molar-refractivity contribution in [3.63, 3.8) is 0 Å². The molecule has 1 rings (SSSR count). The molecule has 0 aromatic heterocycles. The highest BCUT2D eigenvalue weighted by Crippen LogP contribution is 2.23. The number of aliphatic hydroxyl groups excluding tert-OH is 1. The fourth-order valence-electron chi connectivity index (χ4n) is 1.38. The average molecular weight is 260 g/mol. The van der Waals surface area contributed by atoms with E-state index in [1.165, 1.54) is 32.0 Å². The van der Waals surface area contributed by atoms with Gasteiger partial charge in [0.15, 0.2) is 9.84 Å². The number of aliphatic hydroxyl groups is 1. The van der Waals surface area contributed by atoms with Gasteiger partial charge in [-0.3, -0.25) is 0 Å².